The number of nitrogens with zero attached hydrogens (tertiary/aromatic N) is 2. The lowest BCUT2D eigenvalue weighted by Crippen LogP contribution is -2.06. The number of aryl methyl sites for hydroxylation is 1. The van der Waals surface area contributed by atoms with Crippen LogP contribution in [0.2, 0.25) is 0 Å². The number of carbonyl (C=O) groups is 1. The summed E-state index contributed by atoms with van der Waals surface area (Å²) in [7, 11) is 0. The highest BCUT2D eigenvalue weighted by Crippen LogP contribution is 2.03. The van der Waals surface area contributed by atoms with Crippen molar-refractivity contribution < 1.29 is 4.79 Å². The lowest BCUT2D eigenvalue weighted by Gasteiger charge is -1.94. The molecule has 13 heavy (non-hydrogen) atoms. The molecule has 0 aliphatic rings. The second-order valence-electron chi connectivity index (χ2n) is 2.60. The third kappa shape index (κ3) is 2.95. The number of carbonyl (C=O) groups excluding carboxylic acids is 1. The predicted molar refractivity (Wildman–Crippen MR) is 46.8 cm³/mol. The third-order valence-corrected chi connectivity index (χ3v) is 1.43. The van der Waals surface area contributed by atoms with E-state index < -0.39 is 0 Å². The lowest BCUT2D eigenvalue weighted by atomic mass is 10.3. The second kappa shape index (κ2) is 4.26. The van der Waals surface area contributed by atoms with Crippen molar-refractivity contribution in [2.24, 2.45) is 0 Å². The summed E-state index contributed by atoms with van der Waals surface area (Å²) in [6.45, 7) is 1.41. The first kappa shape index (κ1) is 9.26. The summed E-state index contributed by atoms with van der Waals surface area (Å²) in [6, 6.07) is 2.03. The fourth-order valence-electron chi connectivity index (χ4n) is 0.907. The van der Waals surface area contributed by atoms with E-state index in [1.807, 2.05) is 6.07 Å². The molecule has 0 aliphatic heterocycles. The van der Waals surface area contributed by atoms with E-state index in [1.54, 1.807) is 6.20 Å². The molecule has 68 valence electrons. The van der Waals surface area contributed by atoms with Crippen molar-refractivity contribution in [3.05, 3.63) is 11.9 Å². The molecule has 0 unspecified atom stereocenters. The largest absolute Gasteiger partial charge is 0.328 e. The van der Waals surface area contributed by atoms with Gasteiger partial charge in [0.1, 0.15) is 0 Å². The standard InChI is InChI=1S/C8H10N4O/c1-6(13)11-8-10-5-7(12-8)3-2-4-9/h5H,2-3H2,1H3,(H2,10,11,12,13). The topological polar surface area (TPSA) is 81.6 Å². The van der Waals surface area contributed by atoms with Crippen LogP contribution in [0, 0.1) is 11.3 Å². The summed E-state index contributed by atoms with van der Waals surface area (Å²) < 4.78 is 0. The molecule has 1 aromatic heterocycles. The molecule has 0 bridgehead atoms. The second-order valence-corrected chi connectivity index (χ2v) is 2.60. The fourth-order valence-corrected chi connectivity index (χ4v) is 0.907. The molecule has 0 atom stereocenters. The Morgan fingerprint density at radius 2 is 2.62 bits per heavy atom. The number of nitrogens with one attached hydrogen (secondary N) is 2. The number of anilines is 1. The quantitative estimate of drug-likeness (QED) is 0.719. The molecule has 5 heteroatoms. The van der Waals surface area contributed by atoms with E-state index in [2.05, 4.69) is 15.3 Å². The minimum atomic E-state index is -0.166. The average molecular weight is 178 g/mol. The number of hydrogen-bond donors (Lipinski definition) is 2. The molecular weight excluding hydrogens is 168 g/mol. The number of aromatic nitrogens is 2. The number of H-pyrrole nitrogens is 1. The minimum Gasteiger partial charge on any atom is -0.328 e. The van der Waals surface area contributed by atoms with Crippen LogP contribution in [0.25, 0.3) is 0 Å². The fraction of sp³-hybridized carbons (Fsp3) is 0.375. The summed E-state index contributed by atoms with van der Waals surface area (Å²) in [6.07, 6.45) is 2.69. The van der Waals surface area contributed by atoms with E-state index in [9.17, 15) is 4.79 Å². The van der Waals surface area contributed by atoms with Gasteiger partial charge in [-0.05, 0) is 0 Å². The van der Waals surface area contributed by atoms with E-state index in [-0.39, 0.29) is 5.91 Å². The Balaban J connectivity index is 2.54. The number of amides is 1. The van der Waals surface area contributed by atoms with Crippen molar-refractivity contribution in [3.8, 4) is 6.07 Å². The summed E-state index contributed by atoms with van der Waals surface area (Å²) in [5.74, 6) is 0.265. The Labute approximate surface area is 75.8 Å². The Morgan fingerprint density at radius 3 is 3.23 bits per heavy atom. The highest BCUT2D eigenvalue weighted by atomic mass is 16.1. The van der Waals surface area contributed by atoms with Crippen LogP contribution >= 0.6 is 0 Å². The van der Waals surface area contributed by atoms with Crippen LogP contribution < -0.4 is 5.32 Å². The highest BCUT2D eigenvalue weighted by molar-refractivity contribution is 5.86. The van der Waals surface area contributed by atoms with Gasteiger partial charge in [-0.2, -0.15) is 5.26 Å². The SMILES string of the molecule is CC(=O)Nc1ncc(CCC#N)[nH]1. The maximum Gasteiger partial charge on any atom is 0.223 e. The first-order valence-electron chi connectivity index (χ1n) is 3.91. The molecule has 0 aromatic carbocycles. The van der Waals surface area contributed by atoms with Gasteiger partial charge in [0, 0.05) is 25.5 Å². The molecule has 5 nitrogen and oxygen atoms in total. The highest BCUT2D eigenvalue weighted by Gasteiger charge is 2.00. The molecule has 0 radical (unpaired) electrons. The van der Waals surface area contributed by atoms with Crippen molar-refractivity contribution in [3.63, 3.8) is 0 Å². The molecule has 1 rings (SSSR count). The van der Waals surface area contributed by atoms with Crippen molar-refractivity contribution in [1.82, 2.24) is 9.97 Å². The number of nitriles is 1. The molecular formula is C8H10N4O. The average Bonchev–Trinajstić information content (AvgIpc) is 2.48. The van der Waals surface area contributed by atoms with E-state index in [0.29, 0.717) is 18.8 Å². The van der Waals surface area contributed by atoms with Gasteiger partial charge in [0.15, 0.2) is 0 Å². The number of imidazole rings is 1. The zero-order chi connectivity index (χ0) is 9.68. The van der Waals surface area contributed by atoms with Gasteiger partial charge < -0.3 is 4.98 Å². The van der Waals surface area contributed by atoms with Crippen molar-refractivity contribution in [2.75, 3.05) is 5.32 Å². The van der Waals surface area contributed by atoms with Crippen LogP contribution in [0.4, 0.5) is 5.95 Å². The zero-order valence-electron chi connectivity index (χ0n) is 7.29. The lowest BCUT2D eigenvalue weighted by molar-refractivity contribution is -0.114. The van der Waals surface area contributed by atoms with Crippen LogP contribution in [0.3, 0.4) is 0 Å². The first-order valence-corrected chi connectivity index (χ1v) is 3.91. The summed E-state index contributed by atoms with van der Waals surface area (Å²) in [5.41, 5.74) is 0.852. The predicted octanol–water partition coefficient (Wildman–Crippen LogP) is 0.824. The summed E-state index contributed by atoms with van der Waals surface area (Å²) in [4.78, 5) is 17.4. The maximum atomic E-state index is 10.6. The van der Waals surface area contributed by atoms with Crippen molar-refractivity contribution in [1.29, 1.82) is 5.26 Å². The van der Waals surface area contributed by atoms with Gasteiger partial charge in [-0.1, -0.05) is 0 Å². The number of rotatable bonds is 3. The monoisotopic (exact) mass is 178 g/mol. The van der Waals surface area contributed by atoms with Gasteiger partial charge in [-0.25, -0.2) is 4.98 Å². The van der Waals surface area contributed by atoms with Crippen LogP contribution in [0.15, 0.2) is 6.20 Å². The van der Waals surface area contributed by atoms with Gasteiger partial charge in [0.2, 0.25) is 11.9 Å². The smallest absolute Gasteiger partial charge is 0.223 e. The van der Waals surface area contributed by atoms with Gasteiger partial charge in [0.05, 0.1) is 12.3 Å². The zero-order valence-corrected chi connectivity index (χ0v) is 7.29. The normalized spacial score (nSPS) is 9.23. The molecule has 0 aliphatic carbocycles. The number of hydrogen-bond acceptors (Lipinski definition) is 3. The van der Waals surface area contributed by atoms with Crippen LogP contribution in [-0.4, -0.2) is 15.9 Å². The van der Waals surface area contributed by atoms with Crippen molar-refractivity contribution in [2.45, 2.75) is 19.8 Å². The Hall–Kier alpha value is -1.83. The molecule has 1 aromatic rings. The molecule has 0 spiro atoms. The van der Waals surface area contributed by atoms with E-state index in [1.165, 1.54) is 6.92 Å². The van der Waals surface area contributed by atoms with Gasteiger partial charge in [-0.15, -0.1) is 0 Å². The molecule has 0 fully saturated rings. The third-order valence-electron chi connectivity index (χ3n) is 1.43. The molecule has 1 amide bonds. The van der Waals surface area contributed by atoms with Gasteiger partial charge >= 0.3 is 0 Å². The van der Waals surface area contributed by atoms with E-state index >= 15 is 0 Å². The Bertz CT molecular complexity index is 336. The Kier molecular flexibility index (Phi) is 3.03. The van der Waals surface area contributed by atoms with Gasteiger partial charge in [-0.3, -0.25) is 10.1 Å². The van der Waals surface area contributed by atoms with Crippen LogP contribution in [0.1, 0.15) is 19.0 Å². The van der Waals surface area contributed by atoms with Gasteiger partial charge in [0.25, 0.3) is 0 Å². The Morgan fingerprint density at radius 1 is 1.85 bits per heavy atom. The van der Waals surface area contributed by atoms with Crippen LogP contribution in [0.5, 0.6) is 0 Å². The number of aromatic amines is 1. The van der Waals surface area contributed by atoms with Crippen molar-refractivity contribution >= 4 is 11.9 Å². The molecule has 2 N–H and O–H groups in total. The van der Waals surface area contributed by atoms with Crippen LogP contribution in [-0.2, 0) is 11.2 Å². The molecule has 1 heterocycles. The minimum absolute atomic E-state index is 0.166. The van der Waals surface area contributed by atoms with E-state index in [4.69, 9.17) is 5.26 Å². The van der Waals surface area contributed by atoms with E-state index in [0.717, 1.165) is 5.69 Å². The molecule has 0 saturated carbocycles. The maximum absolute atomic E-state index is 10.6. The first-order chi connectivity index (χ1) is 6.22. The summed E-state index contributed by atoms with van der Waals surface area (Å²) in [5, 5.41) is 10.8. The summed E-state index contributed by atoms with van der Waals surface area (Å²) >= 11 is 0. The molecule has 0 saturated heterocycles.